The highest BCUT2D eigenvalue weighted by molar-refractivity contribution is 6.30. The number of nitrogens with one attached hydrogen (secondary N) is 1. The molecular weight excluding hydrogens is 490 g/mol. The van der Waals surface area contributed by atoms with E-state index in [9.17, 15) is 13.9 Å². The SMILES string of the molecule is CN1NN=CN1CC(O)(c1ccc(F)cc1F)C(F)(F)c1ccc(OCc2ccc(Cl)cc2)cn1. The highest BCUT2D eigenvalue weighted by atomic mass is 35.5. The van der Waals surface area contributed by atoms with Crippen LogP contribution in [-0.2, 0) is 18.1 Å². The third-order valence-electron chi connectivity index (χ3n) is 5.44. The summed E-state index contributed by atoms with van der Waals surface area (Å²) >= 11 is 5.85. The summed E-state index contributed by atoms with van der Waals surface area (Å²) in [6, 6.07) is 11.1. The van der Waals surface area contributed by atoms with Crippen LogP contribution in [0.3, 0.4) is 0 Å². The number of nitrogens with zero attached hydrogens (tertiary/aromatic N) is 4. The molecule has 3 aromatic rings. The first-order valence-electron chi connectivity index (χ1n) is 10.3. The van der Waals surface area contributed by atoms with Crippen molar-refractivity contribution in [3.8, 4) is 5.75 Å². The van der Waals surface area contributed by atoms with Crippen LogP contribution in [0, 0.1) is 11.6 Å². The van der Waals surface area contributed by atoms with E-state index < -0.39 is 41.0 Å². The summed E-state index contributed by atoms with van der Waals surface area (Å²) < 4.78 is 65.4. The number of hydrogen-bond acceptors (Lipinski definition) is 7. The molecular formula is C23H20ClF4N5O2. The van der Waals surface area contributed by atoms with Crippen LogP contribution in [-0.4, -0.2) is 40.1 Å². The molecule has 7 nitrogen and oxygen atoms in total. The zero-order valence-corrected chi connectivity index (χ0v) is 19.1. The smallest absolute Gasteiger partial charge is 0.323 e. The van der Waals surface area contributed by atoms with Crippen molar-refractivity contribution < 1.29 is 27.4 Å². The molecule has 0 radical (unpaired) electrons. The Balaban J connectivity index is 1.63. The number of alkyl halides is 2. The molecule has 4 rings (SSSR count). The van der Waals surface area contributed by atoms with Crippen molar-refractivity contribution in [2.24, 2.45) is 5.10 Å². The third kappa shape index (κ3) is 5.02. The number of hydrazone groups is 1. The molecule has 0 saturated carbocycles. The lowest BCUT2D eigenvalue weighted by molar-refractivity contribution is -0.214. The van der Waals surface area contributed by atoms with Crippen molar-refractivity contribution in [1.29, 1.82) is 0 Å². The van der Waals surface area contributed by atoms with Gasteiger partial charge >= 0.3 is 5.92 Å². The number of aromatic nitrogens is 1. The molecule has 1 aliphatic rings. The van der Waals surface area contributed by atoms with E-state index in [2.05, 4.69) is 15.6 Å². The van der Waals surface area contributed by atoms with Gasteiger partial charge in [-0.3, -0.25) is 9.99 Å². The fourth-order valence-corrected chi connectivity index (χ4v) is 3.61. The van der Waals surface area contributed by atoms with E-state index in [-0.39, 0.29) is 12.4 Å². The zero-order valence-electron chi connectivity index (χ0n) is 18.3. The lowest BCUT2D eigenvalue weighted by Gasteiger charge is -2.39. The van der Waals surface area contributed by atoms with Crippen LogP contribution in [0.15, 0.2) is 65.9 Å². The van der Waals surface area contributed by atoms with Crippen LogP contribution in [0.25, 0.3) is 0 Å². The van der Waals surface area contributed by atoms with Crippen molar-refractivity contribution in [3.63, 3.8) is 0 Å². The quantitative estimate of drug-likeness (QED) is 0.444. The molecule has 12 heteroatoms. The van der Waals surface area contributed by atoms with E-state index in [1.807, 2.05) is 0 Å². The molecule has 2 heterocycles. The number of halogens is 5. The Hall–Kier alpha value is -3.41. The van der Waals surface area contributed by atoms with Gasteiger partial charge in [-0.15, -0.1) is 5.12 Å². The highest BCUT2D eigenvalue weighted by Crippen LogP contribution is 2.46. The second-order valence-corrected chi connectivity index (χ2v) is 8.26. The van der Waals surface area contributed by atoms with Gasteiger partial charge < -0.3 is 9.84 Å². The van der Waals surface area contributed by atoms with Crippen molar-refractivity contribution in [2.45, 2.75) is 18.1 Å². The Bertz CT molecular complexity index is 1210. The summed E-state index contributed by atoms with van der Waals surface area (Å²) in [5.74, 6) is -6.22. The van der Waals surface area contributed by atoms with Gasteiger partial charge in [0.2, 0.25) is 0 Å². The van der Waals surface area contributed by atoms with Crippen molar-refractivity contribution in [3.05, 3.63) is 94.3 Å². The maximum absolute atomic E-state index is 15.8. The minimum Gasteiger partial charge on any atom is -0.487 e. The zero-order chi connectivity index (χ0) is 25.2. The maximum Gasteiger partial charge on any atom is 0.323 e. The second-order valence-electron chi connectivity index (χ2n) is 7.82. The Kier molecular flexibility index (Phi) is 6.84. The predicted molar refractivity (Wildman–Crippen MR) is 120 cm³/mol. The van der Waals surface area contributed by atoms with E-state index in [4.69, 9.17) is 16.3 Å². The van der Waals surface area contributed by atoms with Crippen LogP contribution >= 0.6 is 11.6 Å². The monoisotopic (exact) mass is 509 g/mol. The molecule has 0 saturated heterocycles. The van der Waals surface area contributed by atoms with Crippen LogP contribution in [0.1, 0.15) is 16.8 Å². The van der Waals surface area contributed by atoms with Crippen molar-refractivity contribution >= 4 is 17.9 Å². The minimum absolute atomic E-state index is 0.146. The molecule has 0 bridgehead atoms. The van der Waals surface area contributed by atoms with Gasteiger partial charge in [-0.2, -0.15) is 13.9 Å². The molecule has 0 fully saturated rings. The average molecular weight is 510 g/mol. The molecule has 0 spiro atoms. The normalized spacial score (nSPS) is 15.7. The van der Waals surface area contributed by atoms with Crippen LogP contribution in [0.2, 0.25) is 5.02 Å². The van der Waals surface area contributed by atoms with Gasteiger partial charge in [-0.05, 0) is 42.0 Å². The summed E-state index contributed by atoms with van der Waals surface area (Å²) in [6.07, 6.45) is 2.22. The molecule has 1 aromatic heterocycles. The van der Waals surface area contributed by atoms with Gasteiger partial charge in [0.05, 0.1) is 12.7 Å². The van der Waals surface area contributed by atoms with Crippen LogP contribution < -0.4 is 10.3 Å². The fraction of sp³-hybridized carbons (Fsp3) is 0.217. The Morgan fingerprint density at radius 2 is 1.83 bits per heavy atom. The van der Waals surface area contributed by atoms with Gasteiger partial charge in [-0.1, -0.05) is 23.7 Å². The Morgan fingerprint density at radius 3 is 2.43 bits per heavy atom. The average Bonchev–Trinajstić information content (AvgIpc) is 3.22. The van der Waals surface area contributed by atoms with Gasteiger partial charge in [0.25, 0.3) is 0 Å². The Labute approximate surface area is 203 Å². The topological polar surface area (TPSA) is 73.2 Å². The molecule has 184 valence electrons. The highest BCUT2D eigenvalue weighted by Gasteiger charge is 2.58. The number of aliphatic hydroxyl groups is 1. The standard InChI is InChI=1S/C23H20ClF4N5O2/c1-32-31-30-14-33(32)13-22(34,19-8-6-17(25)10-20(19)26)23(27,28)21-9-7-18(11-29-21)35-12-15-2-4-16(24)5-3-15/h2-11,14,31,34H,12-13H2,1H3. The third-order valence-corrected chi connectivity index (χ3v) is 5.69. The van der Waals surface area contributed by atoms with Crippen LogP contribution in [0.4, 0.5) is 17.6 Å². The number of hydrogen-bond donors (Lipinski definition) is 2. The molecule has 2 N–H and O–H groups in total. The largest absolute Gasteiger partial charge is 0.487 e. The van der Waals surface area contributed by atoms with Crippen molar-refractivity contribution in [1.82, 2.24) is 20.6 Å². The van der Waals surface area contributed by atoms with Crippen LogP contribution in [0.5, 0.6) is 5.75 Å². The molecule has 35 heavy (non-hydrogen) atoms. The molecule has 1 atom stereocenters. The predicted octanol–water partition coefficient (Wildman–Crippen LogP) is 4.18. The van der Waals surface area contributed by atoms with E-state index in [1.54, 1.807) is 24.3 Å². The molecule has 0 amide bonds. The van der Waals surface area contributed by atoms with Crippen molar-refractivity contribution in [2.75, 3.05) is 13.6 Å². The summed E-state index contributed by atoms with van der Waals surface area (Å²) in [5.41, 5.74) is -1.52. The summed E-state index contributed by atoms with van der Waals surface area (Å²) in [5, 5.41) is 17.9. The summed E-state index contributed by atoms with van der Waals surface area (Å²) in [7, 11) is 1.46. The number of β-amino-alcohol motifs (C(OH)–C–C–N with tert-alkyl or cyclic N) is 1. The molecule has 1 unspecified atom stereocenters. The summed E-state index contributed by atoms with van der Waals surface area (Å²) in [6.45, 7) is -0.682. The molecule has 1 aliphatic heterocycles. The first kappa shape index (κ1) is 24.7. The number of pyridine rings is 1. The van der Waals surface area contributed by atoms with Gasteiger partial charge in [0.15, 0.2) is 5.60 Å². The number of rotatable bonds is 8. The lowest BCUT2D eigenvalue weighted by Crippen LogP contribution is -2.55. The van der Waals surface area contributed by atoms with E-state index in [1.165, 1.54) is 18.2 Å². The van der Waals surface area contributed by atoms with Gasteiger partial charge in [0.1, 0.15) is 36.0 Å². The first-order chi connectivity index (χ1) is 16.6. The van der Waals surface area contributed by atoms with E-state index in [0.717, 1.165) is 41.3 Å². The number of ether oxygens (including phenoxy) is 1. The summed E-state index contributed by atoms with van der Waals surface area (Å²) in [4.78, 5) is 3.78. The lowest BCUT2D eigenvalue weighted by atomic mass is 9.84. The van der Waals surface area contributed by atoms with Gasteiger partial charge in [-0.25, -0.2) is 14.3 Å². The number of benzene rings is 2. The fourth-order valence-electron chi connectivity index (χ4n) is 3.48. The number of hydrazine groups is 2. The second kappa shape index (κ2) is 9.68. The maximum atomic E-state index is 15.8. The van der Waals surface area contributed by atoms with E-state index in [0.29, 0.717) is 11.1 Å². The Morgan fingerprint density at radius 1 is 1.09 bits per heavy atom. The first-order valence-corrected chi connectivity index (χ1v) is 10.7. The minimum atomic E-state index is -4.11. The molecule has 0 aliphatic carbocycles. The van der Waals surface area contributed by atoms with Gasteiger partial charge in [0, 0.05) is 23.7 Å². The molecule has 2 aromatic carbocycles. The van der Waals surface area contributed by atoms with E-state index >= 15 is 8.78 Å².